The van der Waals surface area contributed by atoms with Crippen LogP contribution in [0.3, 0.4) is 0 Å². The lowest BCUT2D eigenvalue weighted by molar-refractivity contribution is -0.215. The van der Waals surface area contributed by atoms with Crippen LogP contribution in [0.2, 0.25) is 5.02 Å². The summed E-state index contributed by atoms with van der Waals surface area (Å²) in [5.74, 6) is -2.90. The van der Waals surface area contributed by atoms with Crippen molar-refractivity contribution in [1.29, 1.82) is 0 Å². The van der Waals surface area contributed by atoms with Gasteiger partial charge in [-0.25, -0.2) is 4.79 Å². The van der Waals surface area contributed by atoms with Gasteiger partial charge < -0.3 is 15.5 Å². The summed E-state index contributed by atoms with van der Waals surface area (Å²) in [4.78, 5) is 24.5. The van der Waals surface area contributed by atoms with E-state index in [0.29, 0.717) is 10.6 Å². The summed E-state index contributed by atoms with van der Waals surface area (Å²) >= 11 is 5.72. The fourth-order valence-electron chi connectivity index (χ4n) is 2.26. The summed E-state index contributed by atoms with van der Waals surface area (Å²) in [5.41, 5.74) is 1.44. The number of halogens is 4. The average Bonchev–Trinajstić information content (AvgIpc) is 2.65. The molecule has 2 rings (SSSR count). The monoisotopic (exact) mass is 415 g/mol. The smallest absolute Gasteiger partial charge is 0.438 e. The molecule has 1 atom stereocenters. The van der Waals surface area contributed by atoms with Crippen LogP contribution >= 0.6 is 11.6 Å². The molecule has 0 spiro atoms. The number of hydrogen-bond acceptors (Lipinski definition) is 5. The third-order valence-corrected chi connectivity index (χ3v) is 4.11. The molecule has 0 saturated carbocycles. The van der Waals surface area contributed by atoms with Gasteiger partial charge in [-0.1, -0.05) is 29.8 Å². The van der Waals surface area contributed by atoms with E-state index < -0.39 is 23.7 Å². The van der Waals surface area contributed by atoms with E-state index in [1.807, 2.05) is 5.43 Å². The summed E-state index contributed by atoms with van der Waals surface area (Å²) in [6, 6.07) is 11.6. The van der Waals surface area contributed by atoms with Crippen molar-refractivity contribution in [3.05, 3.63) is 64.7 Å². The van der Waals surface area contributed by atoms with Crippen LogP contribution in [0.4, 0.5) is 18.9 Å². The summed E-state index contributed by atoms with van der Waals surface area (Å²) < 4.78 is 46.1. The second-order valence-electron chi connectivity index (χ2n) is 5.77. The Balaban J connectivity index is 2.39. The molecule has 2 aromatic carbocycles. The number of anilines is 1. The molecule has 0 aliphatic heterocycles. The molecule has 0 aromatic heterocycles. The molecule has 150 valence electrons. The molecule has 3 N–H and O–H groups in total. The molecule has 28 heavy (non-hydrogen) atoms. The molecule has 0 unspecified atom stereocenters. The van der Waals surface area contributed by atoms with E-state index >= 15 is 0 Å². The van der Waals surface area contributed by atoms with Gasteiger partial charge in [0.25, 0.3) is 5.91 Å². The maximum atomic E-state index is 13.9. The Morgan fingerprint density at radius 2 is 1.64 bits per heavy atom. The van der Waals surface area contributed by atoms with E-state index in [2.05, 4.69) is 10.2 Å². The van der Waals surface area contributed by atoms with E-state index in [1.165, 1.54) is 30.3 Å². The lowest BCUT2D eigenvalue weighted by Crippen LogP contribution is -2.73. The first-order valence-corrected chi connectivity index (χ1v) is 8.30. The number of hydrazine groups is 1. The quantitative estimate of drug-likeness (QED) is 0.383. The SMILES string of the molecule is COC(=O)[C@](NNc1ccccc1C)(NC(=O)c1ccc(Cl)cc1)C(F)(F)F. The standard InChI is InChI=1S/C18H17ClF3N3O3/c1-11-5-3-4-6-14(11)24-25-17(16(27)28-2,18(20,21)22)23-15(26)12-7-9-13(19)10-8-12/h3-10,24-25H,1-2H3,(H,23,26)/t17-/m1/s1. The molecule has 0 aliphatic rings. The van der Waals surface area contributed by atoms with Gasteiger partial charge in [0.05, 0.1) is 12.8 Å². The van der Waals surface area contributed by atoms with Gasteiger partial charge in [0.2, 0.25) is 0 Å². The molecule has 0 saturated heterocycles. The normalized spacial score (nSPS) is 13.4. The van der Waals surface area contributed by atoms with Gasteiger partial charge >= 0.3 is 17.8 Å². The van der Waals surface area contributed by atoms with Crippen molar-refractivity contribution < 1.29 is 27.5 Å². The van der Waals surface area contributed by atoms with Gasteiger partial charge in [-0.15, -0.1) is 0 Å². The van der Waals surface area contributed by atoms with Gasteiger partial charge in [-0.2, -0.15) is 18.6 Å². The fraction of sp³-hybridized carbons (Fsp3) is 0.222. The number of hydrogen-bond donors (Lipinski definition) is 3. The molecule has 0 radical (unpaired) electrons. The second kappa shape index (κ2) is 8.49. The molecule has 10 heteroatoms. The molecule has 0 heterocycles. The highest BCUT2D eigenvalue weighted by atomic mass is 35.5. The Bertz CT molecular complexity index is 859. The molecule has 0 fully saturated rings. The minimum atomic E-state index is -5.24. The summed E-state index contributed by atoms with van der Waals surface area (Å²) in [6.07, 6.45) is -5.24. The van der Waals surface area contributed by atoms with Crippen molar-refractivity contribution >= 4 is 29.2 Å². The highest BCUT2D eigenvalue weighted by Crippen LogP contribution is 2.30. The molecular weight excluding hydrogens is 399 g/mol. The van der Waals surface area contributed by atoms with Crippen LogP contribution in [-0.4, -0.2) is 30.8 Å². The third kappa shape index (κ3) is 4.55. The van der Waals surface area contributed by atoms with E-state index in [9.17, 15) is 22.8 Å². The zero-order valence-corrected chi connectivity index (χ0v) is 15.6. The summed E-state index contributed by atoms with van der Waals surface area (Å²) in [6.45, 7) is 1.66. The Kier molecular flexibility index (Phi) is 6.52. The summed E-state index contributed by atoms with van der Waals surface area (Å²) in [7, 11) is 0.784. The maximum absolute atomic E-state index is 13.9. The Labute approximate surface area is 164 Å². The van der Waals surface area contributed by atoms with Gasteiger partial charge in [-0.05, 0) is 42.8 Å². The van der Waals surface area contributed by atoms with E-state index in [0.717, 1.165) is 7.11 Å². The first kappa shape index (κ1) is 21.5. The third-order valence-electron chi connectivity index (χ3n) is 3.85. The van der Waals surface area contributed by atoms with Crippen molar-refractivity contribution in [2.75, 3.05) is 12.5 Å². The number of alkyl halides is 3. The number of esters is 1. The van der Waals surface area contributed by atoms with Gasteiger partial charge in [0.1, 0.15) is 0 Å². The topological polar surface area (TPSA) is 79.5 Å². The molecule has 0 bridgehead atoms. The number of methoxy groups -OCH3 is 1. The number of carbonyl (C=O) groups excluding carboxylic acids is 2. The zero-order chi connectivity index (χ0) is 20.9. The zero-order valence-electron chi connectivity index (χ0n) is 14.9. The molecule has 6 nitrogen and oxygen atoms in total. The van der Waals surface area contributed by atoms with E-state index in [4.69, 9.17) is 11.6 Å². The van der Waals surface area contributed by atoms with Gasteiger partial charge in [0, 0.05) is 10.6 Å². The van der Waals surface area contributed by atoms with Crippen LogP contribution < -0.4 is 16.2 Å². The van der Waals surface area contributed by atoms with Crippen molar-refractivity contribution in [2.45, 2.75) is 18.8 Å². The number of rotatable bonds is 6. The number of aryl methyl sites for hydroxylation is 1. The number of amides is 1. The van der Waals surface area contributed by atoms with Crippen LogP contribution in [0.5, 0.6) is 0 Å². The van der Waals surface area contributed by atoms with Crippen LogP contribution in [0.25, 0.3) is 0 Å². The van der Waals surface area contributed by atoms with Crippen LogP contribution in [-0.2, 0) is 9.53 Å². The number of ether oxygens (including phenoxy) is 1. The van der Waals surface area contributed by atoms with Crippen LogP contribution in [0.15, 0.2) is 48.5 Å². The highest BCUT2D eigenvalue weighted by Gasteiger charge is 2.63. The minimum Gasteiger partial charge on any atom is -0.466 e. The Hall–Kier alpha value is -2.78. The number of nitrogens with one attached hydrogen (secondary N) is 3. The fourth-order valence-corrected chi connectivity index (χ4v) is 2.39. The first-order chi connectivity index (χ1) is 13.1. The van der Waals surface area contributed by atoms with Crippen LogP contribution in [0.1, 0.15) is 15.9 Å². The largest absolute Gasteiger partial charge is 0.466 e. The van der Waals surface area contributed by atoms with E-state index in [-0.39, 0.29) is 11.3 Å². The molecular formula is C18H17ClF3N3O3. The first-order valence-electron chi connectivity index (χ1n) is 7.93. The molecule has 1 amide bonds. The van der Waals surface area contributed by atoms with Crippen molar-refractivity contribution in [1.82, 2.24) is 10.7 Å². The lowest BCUT2D eigenvalue weighted by Gasteiger charge is -2.34. The predicted octanol–water partition coefficient (Wildman–Crippen LogP) is 3.43. The molecule has 2 aromatic rings. The van der Waals surface area contributed by atoms with Gasteiger partial charge in [-0.3, -0.25) is 4.79 Å². The second-order valence-corrected chi connectivity index (χ2v) is 6.20. The number of benzene rings is 2. The molecule has 0 aliphatic carbocycles. The maximum Gasteiger partial charge on any atom is 0.438 e. The number of carbonyl (C=O) groups is 2. The van der Waals surface area contributed by atoms with Gasteiger partial charge in [0.15, 0.2) is 0 Å². The lowest BCUT2D eigenvalue weighted by atomic mass is 10.1. The average molecular weight is 416 g/mol. The van der Waals surface area contributed by atoms with Crippen molar-refractivity contribution in [3.63, 3.8) is 0 Å². The van der Waals surface area contributed by atoms with Crippen molar-refractivity contribution in [2.24, 2.45) is 0 Å². The van der Waals surface area contributed by atoms with Crippen molar-refractivity contribution in [3.8, 4) is 0 Å². The van der Waals surface area contributed by atoms with E-state index in [1.54, 1.807) is 30.4 Å². The highest BCUT2D eigenvalue weighted by molar-refractivity contribution is 6.30. The summed E-state index contributed by atoms with van der Waals surface area (Å²) in [5, 5.41) is 1.99. The predicted molar refractivity (Wildman–Crippen MR) is 97.7 cm³/mol. The Morgan fingerprint density at radius 3 is 2.18 bits per heavy atom. The minimum absolute atomic E-state index is 0.125. The Morgan fingerprint density at radius 1 is 1.04 bits per heavy atom. The number of para-hydroxylation sites is 1. The van der Waals surface area contributed by atoms with Crippen LogP contribution in [0, 0.1) is 6.92 Å².